The fourth-order valence-corrected chi connectivity index (χ4v) is 2.73. The second-order valence-electron chi connectivity index (χ2n) is 7.41. The van der Waals surface area contributed by atoms with E-state index in [4.69, 9.17) is 4.74 Å². The Morgan fingerprint density at radius 2 is 1.65 bits per heavy atom. The lowest BCUT2D eigenvalue weighted by atomic mass is 9.89. The van der Waals surface area contributed by atoms with E-state index in [2.05, 4.69) is 25.7 Å². The van der Waals surface area contributed by atoms with Crippen molar-refractivity contribution in [1.82, 2.24) is 4.90 Å². The van der Waals surface area contributed by atoms with Crippen molar-refractivity contribution in [2.75, 3.05) is 32.8 Å². The first-order chi connectivity index (χ1) is 9.47. The Labute approximate surface area is 125 Å². The molecule has 0 unspecified atom stereocenters. The molecule has 1 N–H and O–H groups in total. The molecule has 0 aromatic rings. The van der Waals surface area contributed by atoms with E-state index >= 15 is 0 Å². The summed E-state index contributed by atoms with van der Waals surface area (Å²) in [6, 6.07) is 0. The van der Waals surface area contributed by atoms with Crippen molar-refractivity contribution in [3.63, 3.8) is 0 Å². The summed E-state index contributed by atoms with van der Waals surface area (Å²) in [7, 11) is 0. The second-order valence-corrected chi connectivity index (χ2v) is 7.41. The number of nitrogens with zero attached hydrogens (tertiary/aromatic N) is 1. The van der Waals surface area contributed by atoms with Gasteiger partial charge in [0.25, 0.3) is 0 Å². The Morgan fingerprint density at radius 1 is 1.00 bits per heavy atom. The molecule has 1 rings (SSSR count). The number of unbranched alkanes of at least 4 members (excludes halogenated alkanes) is 2. The van der Waals surface area contributed by atoms with E-state index in [9.17, 15) is 5.11 Å². The lowest BCUT2D eigenvalue weighted by molar-refractivity contribution is 0.0370. The molecule has 1 atom stereocenters. The Hall–Kier alpha value is -0.120. The third-order valence-corrected chi connectivity index (χ3v) is 4.08. The van der Waals surface area contributed by atoms with E-state index in [1.165, 1.54) is 32.2 Å². The average Bonchev–Trinajstić information content (AvgIpc) is 2.38. The predicted octanol–water partition coefficient (Wildman–Crippen LogP) is 3.46. The fraction of sp³-hybridized carbons (Fsp3) is 1.00. The number of hydrogen-bond acceptors (Lipinski definition) is 3. The lowest BCUT2D eigenvalue weighted by Gasteiger charge is -2.26. The van der Waals surface area contributed by atoms with Crippen molar-refractivity contribution in [1.29, 1.82) is 0 Å². The van der Waals surface area contributed by atoms with Gasteiger partial charge in [-0.3, -0.25) is 4.90 Å². The van der Waals surface area contributed by atoms with E-state index < -0.39 is 0 Å². The quantitative estimate of drug-likeness (QED) is 0.659. The van der Waals surface area contributed by atoms with Gasteiger partial charge < -0.3 is 9.84 Å². The maximum atomic E-state index is 9.97. The van der Waals surface area contributed by atoms with Gasteiger partial charge in [-0.05, 0) is 37.6 Å². The Balaban J connectivity index is 1.89. The molecule has 3 heteroatoms. The molecular weight excluding hydrogens is 250 g/mol. The highest BCUT2D eigenvalue weighted by atomic mass is 16.5. The van der Waals surface area contributed by atoms with Crippen LogP contribution in [0, 0.1) is 5.41 Å². The minimum Gasteiger partial charge on any atom is -0.393 e. The second kappa shape index (κ2) is 9.75. The lowest BCUT2D eigenvalue weighted by Crippen LogP contribution is -2.36. The molecule has 0 radical (unpaired) electrons. The minimum absolute atomic E-state index is 0.0827. The SMILES string of the molecule is CC(C)(C)CCC[C@@H](O)CCCCCN1CCOCC1. The van der Waals surface area contributed by atoms with Gasteiger partial charge in [0, 0.05) is 13.1 Å². The van der Waals surface area contributed by atoms with Gasteiger partial charge in [-0.2, -0.15) is 0 Å². The summed E-state index contributed by atoms with van der Waals surface area (Å²) in [6.45, 7) is 12.0. The van der Waals surface area contributed by atoms with E-state index in [0.29, 0.717) is 5.41 Å². The monoisotopic (exact) mass is 285 g/mol. The summed E-state index contributed by atoms with van der Waals surface area (Å²) in [6.07, 6.45) is 7.90. The summed E-state index contributed by atoms with van der Waals surface area (Å²) < 4.78 is 5.35. The predicted molar refractivity (Wildman–Crippen MR) is 85.0 cm³/mol. The van der Waals surface area contributed by atoms with Gasteiger partial charge >= 0.3 is 0 Å². The molecule has 0 aromatic carbocycles. The number of rotatable bonds is 9. The molecule has 0 spiro atoms. The summed E-state index contributed by atoms with van der Waals surface area (Å²) in [5.41, 5.74) is 0.401. The summed E-state index contributed by atoms with van der Waals surface area (Å²) in [4.78, 5) is 2.49. The molecule has 0 amide bonds. The van der Waals surface area contributed by atoms with Crippen LogP contribution in [-0.2, 0) is 4.74 Å². The number of morpholine rings is 1. The normalized spacial score (nSPS) is 19.2. The maximum absolute atomic E-state index is 9.97. The molecule has 0 aliphatic carbocycles. The van der Waals surface area contributed by atoms with Gasteiger partial charge in [0.05, 0.1) is 19.3 Å². The van der Waals surface area contributed by atoms with E-state index in [1.54, 1.807) is 0 Å². The van der Waals surface area contributed by atoms with Gasteiger partial charge in [0.1, 0.15) is 0 Å². The molecule has 3 nitrogen and oxygen atoms in total. The molecule has 0 bridgehead atoms. The number of ether oxygens (including phenoxy) is 1. The fourth-order valence-electron chi connectivity index (χ4n) is 2.73. The van der Waals surface area contributed by atoms with E-state index in [1.807, 2.05) is 0 Å². The van der Waals surface area contributed by atoms with Gasteiger partial charge in [-0.15, -0.1) is 0 Å². The highest BCUT2D eigenvalue weighted by molar-refractivity contribution is 4.65. The number of hydrogen-bond donors (Lipinski definition) is 1. The van der Waals surface area contributed by atoms with Crippen LogP contribution in [0.25, 0.3) is 0 Å². The molecule has 1 aliphatic rings. The molecular formula is C17H35NO2. The van der Waals surface area contributed by atoms with Crippen molar-refractivity contribution in [2.45, 2.75) is 71.8 Å². The van der Waals surface area contributed by atoms with Crippen LogP contribution >= 0.6 is 0 Å². The molecule has 1 fully saturated rings. The van der Waals surface area contributed by atoms with Crippen LogP contribution in [0.3, 0.4) is 0 Å². The topological polar surface area (TPSA) is 32.7 Å². The van der Waals surface area contributed by atoms with Crippen LogP contribution in [0.2, 0.25) is 0 Å². The van der Waals surface area contributed by atoms with E-state index in [-0.39, 0.29) is 6.10 Å². The van der Waals surface area contributed by atoms with Crippen LogP contribution in [0.1, 0.15) is 65.7 Å². The van der Waals surface area contributed by atoms with Crippen molar-refractivity contribution in [2.24, 2.45) is 5.41 Å². The first-order valence-corrected chi connectivity index (χ1v) is 8.45. The first kappa shape index (κ1) is 17.9. The zero-order valence-corrected chi connectivity index (χ0v) is 13.9. The van der Waals surface area contributed by atoms with Crippen LogP contribution in [0.5, 0.6) is 0 Å². The average molecular weight is 285 g/mol. The highest BCUT2D eigenvalue weighted by Gasteiger charge is 2.12. The Kier molecular flexibility index (Phi) is 8.74. The van der Waals surface area contributed by atoms with Crippen LogP contribution in [0.4, 0.5) is 0 Å². The van der Waals surface area contributed by atoms with Crippen LogP contribution < -0.4 is 0 Å². The van der Waals surface area contributed by atoms with Crippen molar-refractivity contribution >= 4 is 0 Å². The van der Waals surface area contributed by atoms with Crippen LogP contribution in [-0.4, -0.2) is 49.0 Å². The van der Waals surface area contributed by atoms with Gasteiger partial charge in [0.15, 0.2) is 0 Å². The minimum atomic E-state index is -0.0827. The smallest absolute Gasteiger partial charge is 0.0594 e. The van der Waals surface area contributed by atoms with Gasteiger partial charge in [-0.1, -0.05) is 40.0 Å². The Morgan fingerprint density at radius 3 is 2.30 bits per heavy atom. The first-order valence-electron chi connectivity index (χ1n) is 8.45. The molecule has 1 heterocycles. The summed E-state index contributed by atoms with van der Waals surface area (Å²) >= 11 is 0. The summed E-state index contributed by atoms with van der Waals surface area (Å²) in [5.74, 6) is 0. The summed E-state index contributed by atoms with van der Waals surface area (Å²) in [5, 5.41) is 9.97. The number of aliphatic hydroxyl groups is 1. The van der Waals surface area contributed by atoms with Crippen LogP contribution in [0.15, 0.2) is 0 Å². The maximum Gasteiger partial charge on any atom is 0.0594 e. The molecule has 1 aliphatic heterocycles. The van der Waals surface area contributed by atoms with Gasteiger partial charge in [-0.25, -0.2) is 0 Å². The Bertz CT molecular complexity index is 232. The highest BCUT2D eigenvalue weighted by Crippen LogP contribution is 2.22. The third kappa shape index (κ3) is 9.73. The zero-order valence-electron chi connectivity index (χ0n) is 13.9. The van der Waals surface area contributed by atoms with Crippen molar-refractivity contribution in [3.8, 4) is 0 Å². The number of aliphatic hydroxyl groups excluding tert-OH is 1. The molecule has 1 saturated heterocycles. The molecule has 20 heavy (non-hydrogen) atoms. The molecule has 0 aromatic heterocycles. The zero-order chi connectivity index (χ0) is 14.8. The van der Waals surface area contributed by atoms with Crippen molar-refractivity contribution < 1.29 is 9.84 Å². The molecule has 120 valence electrons. The standard InChI is InChI=1S/C17H35NO2/c1-17(2,3)10-7-9-16(19)8-5-4-6-11-18-12-14-20-15-13-18/h16,19H,4-15H2,1-3H3/t16-/m0/s1. The van der Waals surface area contributed by atoms with Crippen molar-refractivity contribution in [3.05, 3.63) is 0 Å². The largest absolute Gasteiger partial charge is 0.393 e. The molecule has 0 saturated carbocycles. The van der Waals surface area contributed by atoms with E-state index in [0.717, 1.165) is 45.6 Å². The third-order valence-electron chi connectivity index (χ3n) is 4.08. The van der Waals surface area contributed by atoms with Gasteiger partial charge in [0.2, 0.25) is 0 Å².